The molecule has 0 bridgehead atoms. The lowest BCUT2D eigenvalue weighted by Crippen LogP contribution is -2.28. The fraction of sp³-hybridized carbons (Fsp3) is 0.278. The molecule has 0 saturated heterocycles. The molecule has 1 aliphatic heterocycles. The first-order valence-electron chi connectivity index (χ1n) is 7.79. The van der Waals surface area contributed by atoms with E-state index in [2.05, 4.69) is 5.32 Å². The maximum Gasteiger partial charge on any atom is 0.251 e. The lowest BCUT2D eigenvalue weighted by atomic mass is 10.2. The summed E-state index contributed by atoms with van der Waals surface area (Å²) in [6, 6.07) is 12.7. The van der Waals surface area contributed by atoms with Gasteiger partial charge in [-0.3, -0.25) is 4.79 Å². The van der Waals surface area contributed by atoms with Crippen LogP contribution in [-0.4, -0.2) is 32.3 Å². The smallest absolute Gasteiger partial charge is 0.251 e. The molecule has 2 aromatic rings. The van der Waals surface area contributed by atoms with Crippen molar-refractivity contribution in [2.45, 2.75) is 6.42 Å². The number of amides is 1. The van der Waals surface area contributed by atoms with Crippen molar-refractivity contribution in [3.63, 3.8) is 0 Å². The summed E-state index contributed by atoms with van der Waals surface area (Å²) in [7, 11) is 0. The molecule has 1 heterocycles. The lowest BCUT2D eigenvalue weighted by molar-refractivity contribution is 0.0946. The lowest BCUT2D eigenvalue weighted by Gasteiger charge is -2.12. The summed E-state index contributed by atoms with van der Waals surface area (Å²) < 4.78 is 16.7. The second-order valence-electron chi connectivity index (χ2n) is 5.25. The van der Waals surface area contributed by atoms with Gasteiger partial charge in [0.15, 0.2) is 11.5 Å². The molecule has 0 unspecified atom stereocenters. The summed E-state index contributed by atoms with van der Waals surface area (Å²) in [5, 5.41) is 3.17. The van der Waals surface area contributed by atoms with Crippen molar-refractivity contribution in [3.8, 4) is 17.2 Å². The number of carbonyl (C=O) groups is 1. The van der Waals surface area contributed by atoms with Crippen molar-refractivity contribution in [2.24, 2.45) is 0 Å². The molecule has 1 amide bonds. The second kappa shape index (κ2) is 7.93. The molecule has 0 atom stereocenters. The zero-order chi connectivity index (χ0) is 16.8. The third-order valence-corrected chi connectivity index (χ3v) is 3.74. The molecule has 0 spiro atoms. The Morgan fingerprint density at radius 2 is 1.96 bits per heavy atom. The third kappa shape index (κ3) is 4.11. The highest BCUT2D eigenvalue weighted by Gasteiger charge is 2.18. The van der Waals surface area contributed by atoms with Gasteiger partial charge in [0.2, 0.25) is 0 Å². The van der Waals surface area contributed by atoms with Crippen LogP contribution >= 0.6 is 11.6 Å². The number of nitrogens with one attached hydrogen (secondary N) is 1. The van der Waals surface area contributed by atoms with Crippen molar-refractivity contribution >= 4 is 17.5 Å². The molecule has 1 aliphatic rings. The number of hydrogen-bond donors (Lipinski definition) is 1. The fourth-order valence-electron chi connectivity index (χ4n) is 2.31. The molecular formula is C18H18ClNO4. The molecule has 5 nitrogen and oxygen atoms in total. The summed E-state index contributed by atoms with van der Waals surface area (Å²) in [4.78, 5) is 12.3. The van der Waals surface area contributed by atoms with E-state index in [0.29, 0.717) is 48.5 Å². The number of hydrogen-bond acceptors (Lipinski definition) is 4. The molecule has 0 radical (unpaired) electrons. The van der Waals surface area contributed by atoms with Crippen LogP contribution in [0.2, 0.25) is 5.02 Å². The first-order chi connectivity index (χ1) is 11.7. The Kier molecular flexibility index (Phi) is 5.43. The summed E-state index contributed by atoms with van der Waals surface area (Å²) in [5.41, 5.74) is 0.434. The number of carbonyl (C=O) groups excluding carboxylic acids is 1. The Bertz CT molecular complexity index is 706. The Balaban J connectivity index is 1.57. The molecule has 0 aliphatic carbocycles. The zero-order valence-electron chi connectivity index (χ0n) is 13.1. The highest BCUT2D eigenvalue weighted by molar-refractivity contribution is 6.32. The van der Waals surface area contributed by atoms with E-state index in [9.17, 15) is 4.79 Å². The topological polar surface area (TPSA) is 56.8 Å². The first kappa shape index (κ1) is 16.5. The molecule has 3 rings (SSSR count). The van der Waals surface area contributed by atoms with Gasteiger partial charge >= 0.3 is 0 Å². The second-order valence-corrected chi connectivity index (χ2v) is 5.66. The number of para-hydroxylation sites is 1. The van der Waals surface area contributed by atoms with Crippen LogP contribution in [0.4, 0.5) is 0 Å². The summed E-state index contributed by atoms with van der Waals surface area (Å²) in [6.07, 6.45) is 0.781. The van der Waals surface area contributed by atoms with Gasteiger partial charge < -0.3 is 19.5 Å². The monoisotopic (exact) mass is 347 g/mol. The summed E-state index contributed by atoms with van der Waals surface area (Å²) in [5.74, 6) is 1.54. The van der Waals surface area contributed by atoms with Gasteiger partial charge in [-0.25, -0.2) is 0 Å². The van der Waals surface area contributed by atoms with E-state index in [1.807, 2.05) is 30.3 Å². The van der Waals surface area contributed by atoms with Gasteiger partial charge in [0.1, 0.15) is 12.4 Å². The number of ether oxygens (including phenoxy) is 3. The van der Waals surface area contributed by atoms with Gasteiger partial charge in [-0.15, -0.1) is 0 Å². The van der Waals surface area contributed by atoms with E-state index >= 15 is 0 Å². The van der Waals surface area contributed by atoms with E-state index in [1.54, 1.807) is 12.1 Å². The number of benzene rings is 2. The van der Waals surface area contributed by atoms with Crippen molar-refractivity contribution in [2.75, 3.05) is 26.4 Å². The predicted molar refractivity (Wildman–Crippen MR) is 91.3 cm³/mol. The Hall–Kier alpha value is -2.40. The molecular weight excluding hydrogens is 330 g/mol. The van der Waals surface area contributed by atoms with Crippen LogP contribution in [-0.2, 0) is 0 Å². The molecule has 0 saturated carbocycles. The van der Waals surface area contributed by atoms with Gasteiger partial charge in [-0.05, 0) is 24.3 Å². The maximum absolute atomic E-state index is 12.3. The highest BCUT2D eigenvalue weighted by atomic mass is 35.5. The molecule has 24 heavy (non-hydrogen) atoms. The predicted octanol–water partition coefficient (Wildman–Crippen LogP) is 3.31. The van der Waals surface area contributed by atoms with Crippen molar-refractivity contribution < 1.29 is 19.0 Å². The molecule has 0 aromatic heterocycles. The quantitative estimate of drug-likeness (QED) is 0.843. The Labute approximate surface area is 145 Å². The molecule has 1 N–H and O–H groups in total. The molecule has 2 aromatic carbocycles. The van der Waals surface area contributed by atoms with Gasteiger partial charge in [0.05, 0.1) is 24.8 Å². The van der Waals surface area contributed by atoms with Crippen LogP contribution in [0.25, 0.3) is 0 Å². The van der Waals surface area contributed by atoms with Crippen LogP contribution < -0.4 is 19.5 Å². The molecule has 0 fully saturated rings. The van der Waals surface area contributed by atoms with Crippen molar-refractivity contribution in [1.29, 1.82) is 0 Å². The van der Waals surface area contributed by atoms with E-state index in [-0.39, 0.29) is 5.91 Å². The average molecular weight is 348 g/mol. The Morgan fingerprint density at radius 3 is 2.79 bits per heavy atom. The van der Waals surface area contributed by atoms with E-state index in [4.69, 9.17) is 25.8 Å². The van der Waals surface area contributed by atoms with Crippen LogP contribution in [0, 0.1) is 0 Å². The van der Waals surface area contributed by atoms with Gasteiger partial charge in [-0.2, -0.15) is 0 Å². The molecule has 126 valence electrons. The zero-order valence-corrected chi connectivity index (χ0v) is 13.8. The van der Waals surface area contributed by atoms with E-state index in [0.717, 1.165) is 12.2 Å². The van der Waals surface area contributed by atoms with Crippen LogP contribution in [0.15, 0.2) is 42.5 Å². The van der Waals surface area contributed by atoms with E-state index < -0.39 is 0 Å². The van der Waals surface area contributed by atoms with Crippen molar-refractivity contribution in [1.82, 2.24) is 5.32 Å². The van der Waals surface area contributed by atoms with Gasteiger partial charge in [-0.1, -0.05) is 29.8 Å². The van der Waals surface area contributed by atoms with Crippen LogP contribution in [0.5, 0.6) is 17.2 Å². The van der Waals surface area contributed by atoms with Crippen LogP contribution in [0.1, 0.15) is 16.8 Å². The first-order valence-corrected chi connectivity index (χ1v) is 8.17. The van der Waals surface area contributed by atoms with E-state index in [1.165, 1.54) is 0 Å². The normalized spacial score (nSPS) is 13.0. The molecule has 6 heteroatoms. The fourth-order valence-corrected chi connectivity index (χ4v) is 2.58. The van der Waals surface area contributed by atoms with Gasteiger partial charge in [0, 0.05) is 12.0 Å². The maximum atomic E-state index is 12.3. The standard InChI is InChI=1S/C18H18ClNO4/c19-15-11-13(12-16-17(15)24-9-4-8-23-16)18(21)20-7-10-22-14-5-2-1-3-6-14/h1-3,5-6,11-12H,4,7-10H2,(H,20,21). The van der Waals surface area contributed by atoms with Crippen LogP contribution in [0.3, 0.4) is 0 Å². The SMILES string of the molecule is O=C(NCCOc1ccccc1)c1cc(Cl)c2c(c1)OCCCO2. The van der Waals surface area contributed by atoms with Gasteiger partial charge in [0.25, 0.3) is 5.91 Å². The largest absolute Gasteiger partial charge is 0.492 e. The minimum absolute atomic E-state index is 0.232. The number of fused-ring (bicyclic) bond motifs is 1. The number of halogens is 1. The minimum atomic E-state index is -0.232. The highest BCUT2D eigenvalue weighted by Crippen LogP contribution is 2.37. The minimum Gasteiger partial charge on any atom is -0.492 e. The average Bonchev–Trinajstić information content (AvgIpc) is 2.85. The number of rotatable bonds is 5. The summed E-state index contributed by atoms with van der Waals surface area (Å²) >= 11 is 6.20. The summed E-state index contributed by atoms with van der Waals surface area (Å²) in [6.45, 7) is 1.86. The van der Waals surface area contributed by atoms with Crippen molar-refractivity contribution in [3.05, 3.63) is 53.1 Å². The Morgan fingerprint density at radius 1 is 1.17 bits per heavy atom. The third-order valence-electron chi connectivity index (χ3n) is 3.46.